The molecular weight excluding hydrogens is 356 g/mol. The zero-order valence-corrected chi connectivity index (χ0v) is 16.1. The zero-order chi connectivity index (χ0) is 19.5. The second-order valence-corrected chi connectivity index (χ2v) is 6.99. The van der Waals surface area contributed by atoms with Crippen LogP contribution in [-0.4, -0.2) is 69.0 Å². The van der Waals surface area contributed by atoms with E-state index in [1.807, 2.05) is 59.4 Å². The van der Waals surface area contributed by atoms with E-state index in [1.54, 1.807) is 7.11 Å². The Bertz CT molecular complexity index is 938. The van der Waals surface area contributed by atoms with Crippen LogP contribution < -0.4 is 4.74 Å². The molecule has 1 fully saturated rings. The quantitative estimate of drug-likeness (QED) is 0.730. The Morgan fingerprint density at radius 1 is 1.18 bits per heavy atom. The number of amides is 1. The molecule has 8 nitrogen and oxygen atoms in total. The van der Waals surface area contributed by atoms with Crippen LogP contribution in [0.25, 0.3) is 11.3 Å². The first kappa shape index (κ1) is 18.2. The van der Waals surface area contributed by atoms with Gasteiger partial charge in [-0.25, -0.2) is 0 Å². The van der Waals surface area contributed by atoms with Crippen LogP contribution in [-0.2, 0) is 13.6 Å². The summed E-state index contributed by atoms with van der Waals surface area (Å²) in [6.07, 6.45) is 3.92. The topological polar surface area (TPSA) is 79.3 Å². The number of piperazine rings is 1. The molecule has 0 spiro atoms. The van der Waals surface area contributed by atoms with Crippen LogP contribution in [0, 0.1) is 0 Å². The first-order valence-corrected chi connectivity index (χ1v) is 9.31. The highest BCUT2D eigenvalue weighted by atomic mass is 16.5. The average molecular weight is 380 g/mol. The van der Waals surface area contributed by atoms with Crippen LogP contribution in [0.5, 0.6) is 5.75 Å². The predicted octanol–water partition coefficient (Wildman–Crippen LogP) is 1.78. The van der Waals surface area contributed by atoms with Crippen molar-refractivity contribution in [1.82, 2.24) is 29.8 Å². The molecule has 0 unspecified atom stereocenters. The molecule has 146 valence electrons. The number of aryl methyl sites for hydroxylation is 1. The highest BCUT2D eigenvalue weighted by Crippen LogP contribution is 2.22. The molecule has 0 radical (unpaired) electrons. The standard InChI is InChI=1S/C20H24N6O2/c1-24-13-15(12-21-24)14-25-7-9-26(10-8-25)20(27)19-11-18(22-23-19)16-3-5-17(28-2)6-4-16/h3-6,11-13H,7-10,14H2,1-2H3,(H,22,23). The smallest absolute Gasteiger partial charge is 0.271 e. The summed E-state index contributed by atoms with van der Waals surface area (Å²) in [4.78, 5) is 17.0. The molecule has 1 aliphatic rings. The van der Waals surface area contributed by atoms with Crippen molar-refractivity contribution in [1.29, 1.82) is 0 Å². The molecule has 0 atom stereocenters. The van der Waals surface area contributed by atoms with Gasteiger partial charge in [-0.15, -0.1) is 0 Å². The van der Waals surface area contributed by atoms with E-state index in [2.05, 4.69) is 20.2 Å². The van der Waals surface area contributed by atoms with Crippen molar-refractivity contribution in [3.05, 3.63) is 54.0 Å². The van der Waals surface area contributed by atoms with E-state index in [9.17, 15) is 4.79 Å². The third-order valence-electron chi connectivity index (χ3n) is 5.02. The van der Waals surface area contributed by atoms with Crippen molar-refractivity contribution in [2.75, 3.05) is 33.3 Å². The highest BCUT2D eigenvalue weighted by molar-refractivity contribution is 5.93. The fourth-order valence-electron chi connectivity index (χ4n) is 3.43. The van der Waals surface area contributed by atoms with Crippen molar-refractivity contribution in [2.45, 2.75) is 6.54 Å². The SMILES string of the molecule is COc1ccc(-c2cc(C(=O)N3CCN(Cc4cnn(C)c4)CC3)[nH]n2)cc1. The fraction of sp³-hybridized carbons (Fsp3) is 0.350. The summed E-state index contributed by atoms with van der Waals surface area (Å²) in [5.41, 5.74) is 3.41. The van der Waals surface area contributed by atoms with Crippen LogP contribution in [0.1, 0.15) is 16.1 Å². The van der Waals surface area contributed by atoms with Crippen LogP contribution in [0.4, 0.5) is 0 Å². The van der Waals surface area contributed by atoms with E-state index in [-0.39, 0.29) is 5.91 Å². The Hall–Kier alpha value is -3.13. The first-order chi connectivity index (χ1) is 13.6. The second-order valence-electron chi connectivity index (χ2n) is 6.99. The molecule has 1 saturated heterocycles. The number of hydrogen-bond acceptors (Lipinski definition) is 5. The summed E-state index contributed by atoms with van der Waals surface area (Å²) >= 11 is 0. The van der Waals surface area contributed by atoms with Gasteiger partial charge in [-0.3, -0.25) is 19.5 Å². The van der Waals surface area contributed by atoms with Gasteiger partial charge in [0.1, 0.15) is 11.4 Å². The lowest BCUT2D eigenvalue weighted by Gasteiger charge is -2.34. The number of hydrogen-bond donors (Lipinski definition) is 1. The van der Waals surface area contributed by atoms with Crippen molar-refractivity contribution >= 4 is 5.91 Å². The Labute approximate surface area is 163 Å². The molecule has 8 heteroatoms. The Balaban J connectivity index is 1.35. The van der Waals surface area contributed by atoms with Gasteiger partial charge in [0.05, 0.1) is 19.0 Å². The summed E-state index contributed by atoms with van der Waals surface area (Å²) in [6.45, 7) is 3.97. The minimum absolute atomic E-state index is 0.00621. The molecule has 0 aliphatic carbocycles. The van der Waals surface area contributed by atoms with Gasteiger partial charge >= 0.3 is 0 Å². The molecule has 2 aromatic heterocycles. The van der Waals surface area contributed by atoms with Gasteiger partial charge < -0.3 is 9.64 Å². The maximum Gasteiger partial charge on any atom is 0.271 e. The molecule has 0 bridgehead atoms. The third kappa shape index (κ3) is 3.91. The maximum absolute atomic E-state index is 12.8. The molecule has 3 aromatic rings. The normalized spacial score (nSPS) is 15.0. The van der Waals surface area contributed by atoms with Crippen LogP contribution in [0.15, 0.2) is 42.7 Å². The number of methoxy groups -OCH3 is 1. The summed E-state index contributed by atoms with van der Waals surface area (Å²) < 4.78 is 6.99. The summed E-state index contributed by atoms with van der Waals surface area (Å²) in [5, 5.41) is 11.4. The summed E-state index contributed by atoms with van der Waals surface area (Å²) in [6, 6.07) is 9.44. The van der Waals surface area contributed by atoms with Crippen LogP contribution in [0.2, 0.25) is 0 Å². The lowest BCUT2D eigenvalue weighted by atomic mass is 10.1. The Kier molecular flexibility index (Phi) is 5.12. The molecule has 1 aliphatic heterocycles. The van der Waals surface area contributed by atoms with Crippen molar-refractivity contribution < 1.29 is 9.53 Å². The van der Waals surface area contributed by atoms with Gasteiger partial charge in [-0.1, -0.05) is 0 Å². The minimum Gasteiger partial charge on any atom is -0.497 e. The molecule has 4 rings (SSSR count). The number of H-pyrrole nitrogens is 1. The number of aromatic nitrogens is 4. The number of nitrogens with one attached hydrogen (secondary N) is 1. The van der Waals surface area contributed by atoms with E-state index in [0.29, 0.717) is 18.8 Å². The monoisotopic (exact) mass is 380 g/mol. The molecule has 1 aromatic carbocycles. The van der Waals surface area contributed by atoms with Gasteiger partial charge in [0.15, 0.2) is 0 Å². The van der Waals surface area contributed by atoms with Crippen molar-refractivity contribution in [2.24, 2.45) is 7.05 Å². The summed E-state index contributed by atoms with van der Waals surface area (Å²) in [7, 11) is 3.56. The van der Waals surface area contributed by atoms with E-state index >= 15 is 0 Å². The van der Waals surface area contributed by atoms with Gasteiger partial charge in [0, 0.05) is 57.1 Å². The highest BCUT2D eigenvalue weighted by Gasteiger charge is 2.24. The molecule has 1 amide bonds. The van der Waals surface area contributed by atoms with E-state index in [4.69, 9.17) is 4.74 Å². The zero-order valence-electron chi connectivity index (χ0n) is 16.1. The Morgan fingerprint density at radius 2 is 1.93 bits per heavy atom. The van der Waals surface area contributed by atoms with Gasteiger partial charge in [0.2, 0.25) is 0 Å². The van der Waals surface area contributed by atoms with Crippen molar-refractivity contribution in [3.8, 4) is 17.0 Å². The molecular formula is C20H24N6O2. The largest absolute Gasteiger partial charge is 0.497 e. The van der Waals surface area contributed by atoms with Gasteiger partial charge in [-0.2, -0.15) is 10.2 Å². The number of aromatic amines is 1. The number of ether oxygens (including phenoxy) is 1. The minimum atomic E-state index is -0.00621. The fourth-order valence-corrected chi connectivity index (χ4v) is 3.43. The number of carbonyl (C=O) groups is 1. The molecule has 0 saturated carbocycles. The second kappa shape index (κ2) is 7.85. The lowest BCUT2D eigenvalue weighted by Crippen LogP contribution is -2.48. The van der Waals surface area contributed by atoms with E-state index in [1.165, 1.54) is 5.56 Å². The number of rotatable bonds is 5. The number of nitrogens with zero attached hydrogens (tertiary/aromatic N) is 5. The molecule has 1 N–H and O–H groups in total. The van der Waals surface area contributed by atoms with Gasteiger partial charge in [-0.05, 0) is 30.3 Å². The average Bonchev–Trinajstić information content (AvgIpc) is 3.37. The Morgan fingerprint density at radius 3 is 2.57 bits per heavy atom. The van der Waals surface area contributed by atoms with Crippen molar-refractivity contribution in [3.63, 3.8) is 0 Å². The summed E-state index contributed by atoms with van der Waals surface area (Å²) in [5.74, 6) is 0.785. The third-order valence-corrected chi connectivity index (χ3v) is 5.02. The van der Waals surface area contributed by atoms with E-state index < -0.39 is 0 Å². The van der Waals surface area contributed by atoms with Crippen LogP contribution in [0.3, 0.4) is 0 Å². The molecule has 28 heavy (non-hydrogen) atoms. The van der Waals surface area contributed by atoms with Crippen LogP contribution >= 0.6 is 0 Å². The maximum atomic E-state index is 12.8. The van der Waals surface area contributed by atoms with E-state index in [0.717, 1.165) is 36.6 Å². The lowest BCUT2D eigenvalue weighted by molar-refractivity contribution is 0.0622. The number of benzene rings is 1. The molecule has 3 heterocycles. The van der Waals surface area contributed by atoms with Gasteiger partial charge in [0.25, 0.3) is 5.91 Å². The number of carbonyl (C=O) groups excluding carboxylic acids is 1. The first-order valence-electron chi connectivity index (χ1n) is 9.31. The predicted molar refractivity (Wildman–Crippen MR) is 105 cm³/mol.